The van der Waals surface area contributed by atoms with E-state index in [1.165, 1.54) is 58.2 Å². The van der Waals surface area contributed by atoms with Crippen LogP contribution in [0, 0.1) is 11.8 Å². The van der Waals surface area contributed by atoms with Gasteiger partial charge in [-0.1, -0.05) is 33.6 Å². The van der Waals surface area contributed by atoms with Gasteiger partial charge in [-0.25, -0.2) is 0 Å². The van der Waals surface area contributed by atoms with E-state index in [2.05, 4.69) is 31.0 Å². The molecular formula is C16H32N2. The van der Waals surface area contributed by atoms with Gasteiger partial charge in [0.25, 0.3) is 0 Å². The van der Waals surface area contributed by atoms with E-state index in [0.717, 1.165) is 23.9 Å². The molecule has 0 aromatic carbocycles. The van der Waals surface area contributed by atoms with E-state index in [0.29, 0.717) is 0 Å². The van der Waals surface area contributed by atoms with E-state index >= 15 is 0 Å². The third kappa shape index (κ3) is 4.55. The lowest BCUT2D eigenvalue weighted by molar-refractivity contribution is 0.126. The zero-order valence-corrected chi connectivity index (χ0v) is 12.6. The van der Waals surface area contributed by atoms with Gasteiger partial charge in [0.05, 0.1) is 0 Å². The molecule has 2 unspecified atom stereocenters. The average molecular weight is 252 g/mol. The van der Waals surface area contributed by atoms with Crippen molar-refractivity contribution in [3.8, 4) is 0 Å². The summed E-state index contributed by atoms with van der Waals surface area (Å²) in [7, 11) is 0. The molecule has 1 saturated carbocycles. The van der Waals surface area contributed by atoms with Crippen LogP contribution in [-0.2, 0) is 0 Å². The molecule has 0 amide bonds. The number of hydrogen-bond acceptors (Lipinski definition) is 2. The van der Waals surface area contributed by atoms with Crippen molar-refractivity contribution in [1.82, 2.24) is 10.2 Å². The first-order valence-electron chi connectivity index (χ1n) is 8.16. The molecule has 2 rings (SSSR count). The summed E-state index contributed by atoms with van der Waals surface area (Å²) in [6.45, 7) is 10.8. The van der Waals surface area contributed by atoms with Crippen LogP contribution < -0.4 is 5.32 Å². The maximum atomic E-state index is 3.80. The fraction of sp³-hybridized carbons (Fsp3) is 1.00. The average Bonchev–Trinajstić information content (AvgIpc) is 3.18. The fourth-order valence-electron chi connectivity index (χ4n) is 3.23. The van der Waals surface area contributed by atoms with E-state index in [-0.39, 0.29) is 0 Å². The predicted molar refractivity (Wildman–Crippen MR) is 78.9 cm³/mol. The van der Waals surface area contributed by atoms with Gasteiger partial charge in [-0.15, -0.1) is 0 Å². The lowest BCUT2D eigenvalue weighted by Crippen LogP contribution is -2.50. The van der Waals surface area contributed by atoms with Crippen LogP contribution in [0.1, 0.15) is 59.3 Å². The highest BCUT2D eigenvalue weighted by Crippen LogP contribution is 2.32. The quantitative estimate of drug-likeness (QED) is 0.748. The largest absolute Gasteiger partial charge is 0.312 e. The lowest BCUT2D eigenvalue weighted by Gasteiger charge is -2.39. The summed E-state index contributed by atoms with van der Waals surface area (Å²) in [5.74, 6) is 1.72. The zero-order chi connectivity index (χ0) is 13.0. The number of nitrogens with zero attached hydrogens (tertiary/aromatic N) is 1. The maximum Gasteiger partial charge on any atom is 0.0198 e. The van der Waals surface area contributed by atoms with Crippen molar-refractivity contribution in [3.05, 3.63) is 0 Å². The van der Waals surface area contributed by atoms with Gasteiger partial charge in [0.2, 0.25) is 0 Å². The predicted octanol–water partition coefficient (Wildman–Crippen LogP) is 3.28. The minimum Gasteiger partial charge on any atom is -0.312 e. The maximum absolute atomic E-state index is 3.80. The molecule has 2 fully saturated rings. The Morgan fingerprint density at radius 2 is 2.00 bits per heavy atom. The Morgan fingerprint density at radius 3 is 2.61 bits per heavy atom. The van der Waals surface area contributed by atoms with Gasteiger partial charge in [-0.2, -0.15) is 0 Å². The Balaban J connectivity index is 1.80. The molecule has 106 valence electrons. The van der Waals surface area contributed by atoms with Crippen LogP contribution in [0.25, 0.3) is 0 Å². The van der Waals surface area contributed by atoms with Gasteiger partial charge in [-0.05, 0) is 44.1 Å². The number of nitrogens with one attached hydrogen (secondary N) is 1. The van der Waals surface area contributed by atoms with Crippen molar-refractivity contribution in [3.63, 3.8) is 0 Å². The van der Waals surface area contributed by atoms with Crippen LogP contribution in [0.3, 0.4) is 0 Å². The first-order valence-corrected chi connectivity index (χ1v) is 8.16. The first-order chi connectivity index (χ1) is 8.69. The molecule has 2 atom stereocenters. The molecule has 1 heterocycles. The second-order valence-corrected chi connectivity index (χ2v) is 6.93. The Kier molecular flexibility index (Phi) is 5.50. The highest BCUT2D eigenvalue weighted by molar-refractivity contribution is 4.92. The van der Waals surface area contributed by atoms with E-state index in [1.807, 2.05) is 0 Å². The standard InChI is InChI=1S/C16H32N2/c1-4-5-6-14-9-15(17-10-13(2)3)12-18(11-14)16-7-8-16/h13-17H,4-12H2,1-3H3. The molecule has 2 aliphatic rings. The van der Waals surface area contributed by atoms with Gasteiger partial charge >= 0.3 is 0 Å². The summed E-state index contributed by atoms with van der Waals surface area (Å²) in [6.07, 6.45) is 8.54. The molecule has 18 heavy (non-hydrogen) atoms. The monoisotopic (exact) mass is 252 g/mol. The smallest absolute Gasteiger partial charge is 0.0198 e. The number of piperidine rings is 1. The molecule has 0 spiro atoms. The van der Waals surface area contributed by atoms with E-state index in [4.69, 9.17) is 0 Å². The topological polar surface area (TPSA) is 15.3 Å². The number of rotatable bonds is 7. The normalized spacial score (nSPS) is 30.0. The van der Waals surface area contributed by atoms with Gasteiger partial charge in [0.1, 0.15) is 0 Å². The molecule has 0 aromatic rings. The molecule has 1 saturated heterocycles. The van der Waals surface area contributed by atoms with Gasteiger partial charge in [0.15, 0.2) is 0 Å². The Morgan fingerprint density at radius 1 is 1.22 bits per heavy atom. The van der Waals surface area contributed by atoms with Crippen molar-refractivity contribution < 1.29 is 0 Å². The Labute approximate surface area is 114 Å². The van der Waals surface area contributed by atoms with Crippen LogP contribution in [0.2, 0.25) is 0 Å². The first kappa shape index (κ1) is 14.3. The third-order valence-electron chi connectivity index (χ3n) is 4.41. The molecule has 1 N–H and O–H groups in total. The van der Waals surface area contributed by atoms with Gasteiger partial charge in [-0.3, -0.25) is 4.90 Å². The second-order valence-electron chi connectivity index (χ2n) is 6.93. The van der Waals surface area contributed by atoms with Crippen molar-refractivity contribution in [1.29, 1.82) is 0 Å². The van der Waals surface area contributed by atoms with E-state index in [1.54, 1.807) is 0 Å². The molecular weight excluding hydrogens is 220 g/mol. The number of likely N-dealkylation sites (tertiary alicyclic amines) is 1. The van der Waals surface area contributed by atoms with Crippen LogP contribution in [0.4, 0.5) is 0 Å². The molecule has 1 aliphatic carbocycles. The van der Waals surface area contributed by atoms with Crippen LogP contribution in [-0.4, -0.2) is 36.6 Å². The summed E-state index contributed by atoms with van der Waals surface area (Å²) in [6, 6.07) is 1.70. The van der Waals surface area contributed by atoms with Crippen molar-refractivity contribution in [2.24, 2.45) is 11.8 Å². The molecule has 2 nitrogen and oxygen atoms in total. The van der Waals surface area contributed by atoms with E-state index in [9.17, 15) is 0 Å². The fourth-order valence-corrected chi connectivity index (χ4v) is 3.23. The molecule has 1 aliphatic heterocycles. The third-order valence-corrected chi connectivity index (χ3v) is 4.41. The number of unbranched alkanes of at least 4 members (excludes halogenated alkanes) is 1. The molecule has 0 radical (unpaired) electrons. The lowest BCUT2D eigenvalue weighted by atomic mass is 9.89. The summed E-state index contributed by atoms with van der Waals surface area (Å²) in [5.41, 5.74) is 0. The minimum absolute atomic E-state index is 0.753. The molecule has 0 aromatic heterocycles. The molecule has 0 bridgehead atoms. The number of hydrogen-bond donors (Lipinski definition) is 1. The van der Waals surface area contributed by atoms with Crippen molar-refractivity contribution in [2.45, 2.75) is 71.4 Å². The van der Waals surface area contributed by atoms with E-state index < -0.39 is 0 Å². The summed E-state index contributed by atoms with van der Waals surface area (Å²) in [5, 5.41) is 3.80. The highest BCUT2D eigenvalue weighted by Gasteiger charge is 2.35. The van der Waals surface area contributed by atoms with Crippen molar-refractivity contribution in [2.75, 3.05) is 19.6 Å². The van der Waals surface area contributed by atoms with Gasteiger partial charge < -0.3 is 5.32 Å². The highest BCUT2D eigenvalue weighted by atomic mass is 15.2. The Hall–Kier alpha value is -0.0800. The minimum atomic E-state index is 0.753. The summed E-state index contributed by atoms with van der Waals surface area (Å²) < 4.78 is 0. The molecule has 2 heteroatoms. The van der Waals surface area contributed by atoms with Crippen LogP contribution >= 0.6 is 0 Å². The SMILES string of the molecule is CCCCC1CC(NCC(C)C)CN(C2CC2)C1. The Bertz CT molecular complexity index is 235. The van der Waals surface area contributed by atoms with Crippen LogP contribution in [0.15, 0.2) is 0 Å². The summed E-state index contributed by atoms with van der Waals surface area (Å²) >= 11 is 0. The second kappa shape index (κ2) is 6.91. The van der Waals surface area contributed by atoms with Crippen molar-refractivity contribution >= 4 is 0 Å². The van der Waals surface area contributed by atoms with Crippen LogP contribution in [0.5, 0.6) is 0 Å². The summed E-state index contributed by atoms with van der Waals surface area (Å²) in [4.78, 5) is 2.78. The zero-order valence-electron chi connectivity index (χ0n) is 12.6. The van der Waals surface area contributed by atoms with Gasteiger partial charge in [0, 0.05) is 25.2 Å².